The van der Waals surface area contributed by atoms with Crippen LogP contribution in [-0.4, -0.2) is 41.7 Å². The summed E-state index contributed by atoms with van der Waals surface area (Å²) in [5.41, 5.74) is 0.109. The van der Waals surface area contributed by atoms with Gasteiger partial charge in [0.15, 0.2) is 0 Å². The van der Waals surface area contributed by atoms with Crippen LogP contribution in [0.5, 0.6) is 0 Å². The Labute approximate surface area is 98.6 Å². The molecular formula is C11H14N2O4. The second kappa shape index (κ2) is 5.95. The Bertz CT molecular complexity index is 420. The first-order valence-corrected chi connectivity index (χ1v) is 5.03. The van der Waals surface area contributed by atoms with Crippen LogP contribution in [0.3, 0.4) is 0 Å². The molecule has 0 aliphatic carbocycles. The lowest BCUT2D eigenvalue weighted by Crippen LogP contribution is -2.35. The second-order valence-corrected chi connectivity index (χ2v) is 3.56. The number of carboxylic acid groups (broad SMARTS) is 1. The molecule has 0 aliphatic heterocycles. The SMILES string of the molecule is COCC(C)NC(=O)c1ccnc(C(=O)O)c1. The lowest BCUT2D eigenvalue weighted by Gasteiger charge is -2.12. The van der Waals surface area contributed by atoms with Crippen molar-refractivity contribution >= 4 is 11.9 Å². The van der Waals surface area contributed by atoms with Crippen molar-refractivity contribution in [3.63, 3.8) is 0 Å². The van der Waals surface area contributed by atoms with E-state index in [2.05, 4.69) is 10.3 Å². The summed E-state index contributed by atoms with van der Waals surface area (Å²) in [6.07, 6.45) is 1.29. The van der Waals surface area contributed by atoms with Gasteiger partial charge in [-0.15, -0.1) is 0 Å². The standard InChI is InChI=1S/C11H14N2O4/c1-7(6-17-2)13-10(14)8-3-4-12-9(5-8)11(15)16/h3-5,7H,6H2,1-2H3,(H,13,14)(H,15,16). The van der Waals surface area contributed by atoms with Crippen LogP contribution in [0.2, 0.25) is 0 Å². The van der Waals surface area contributed by atoms with E-state index in [9.17, 15) is 9.59 Å². The zero-order valence-electron chi connectivity index (χ0n) is 9.64. The molecule has 1 amide bonds. The number of hydrogen-bond acceptors (Lipinski definition) is 4. The molecule has 0 bridgehead atoms. The van der Waals surface area contributed by atoms with Gasteiger partial charge in [0.05, 0.1) is 6.61 Å². The van der Waals surface area contributed by atoms with E-state index >= 15 is 0 Å². The van der Waals surface area contributed by atoms with Gasteiger partial charge in [0.2, 0.25) is 0 Å². The molecule has 92 valence electrons. The second-order valence-electron chi connectivity index (χ2n) is 3.56. The third-order valence-corrected chi connectivity index (χ3v) is 2.04. The number of nitrogens with one attached hydrogen (secondary N) is 1. The quantitative estimate of drug-likeness (QED) is 0.781. The highest BCUT2D eigenvalue weighted by atomic mass is 16.5. The van der Waals surface area contributed by atoms with Crippen molar-refractivity contribution in [2.45, 2.75) is 13.0 Å². The third kappa shape index (κ3) is 3.84. The third-order valence-electron chi connectivity index (χ3n) is 2.04. The van der Waals surface area contributed by atoms with Crippen LogP contribution in [-0.2, 0) is 4.74 Å². The number of pyridine rings is 1. The number of carbonyl (C=O) groups is 2. The molecule has 1 atom stereocenters. The first-order valence-electron chi connectivity index (χ1n) is 5.03. The zero-order chi connectivity index (χ0) is 12.8. The summed E-state index contributed by atoms with van der Waals surface area (Å²) in [7, 11) is 1.54. The van der Waals surface area contributed by atoms with Crippen LogP contribution >= 0.6 is 0 Å². The molecule has 0 saturated carbocycles. The van der Waals surface area contributed by atoms with Gasteiger partial charge in [0.1, 0.15) is 5.69 Å². The van der Waals surface area contributed by atoms with Crippen LogP contribution in [0.15, 0.2) is 18.3 Å². The largest absolute Gasteiger partial charge is 0.477 e. The first kappa shape index (κ1) is 13.1. The van der Waals surface area contributed by atoms with Crippen molar-refractivity contribution in [3.05, 3.63) is 29.6 Å². The van der Waals surface area contributed by atoms with Crippen molar-refractivity contribution in [3.8, 4) is 0 Å². The number of aromatic nitrogens is 1. The topological polar surface area (TPSA) is 88.5 Å². The van der Waals surface area contributed by atoms with E-state index in [4.69, 9.17) is 9.84 Å². The minimum Gasteiger partial charge on any atom is -0.477 e. The number of hydrogen-bond donors (Lipinski definition) is 2. The fourth-order valence-corrected chi connectivity index (χ4v) is 1.29. The van der Waals surface area contributed by atoms with Gasteiger partial charge in [-0.3, -0.25) is 4.79 Å². The van der Waals surface area contributed by atoms with Crippen molar-refractivity contribution in [1.82, 2.24) is 10.3 Å². The average molecular weight is 238 g/mol. The number of rotatable bonds is 5. The van der Waals surface area contributed by atoms with E-state index in [0.717, 1.165) is 0 Å². The molecule has 2 N–H and O–H groups in total. The molecule has 1 aromatic heterocycles. The van der Waals surface area contributed by atoms with Crippen molar-refractivity contribution < 1.29 is 19.4 Å². The summed E-state index contributed by atoms with van der Waals surface area (Å²) in [5, 5.41) is 11.4. The highest BCUT2D eigenvalue weighted by molar-refractivity contribution is 5.96. The Balaban J connectivity index is 2.75. The van der Waals surface area contributed by atoms with Gasteiger partial charge in [-0.1, -0.05) is 0 Å². The first-order chi connectivity index (χ1) is 8.04. The van der Waals surface area contributed by atoms with Gasteiger partial charge in [-0.25, -0.2) is 9.78 Å². The Morgan fingerprint density at radius 3 is 2.88 bits per heavy atom. The maximum atomic E-state index is 11.7. The zero-order valence-corrected chi connectivity index (χ0v) is 9.64. The Morgan fingerprint density at radius 2 is 2.29 bits per heavy atom. The maximum absolute atomic E-state index is 11.7. The number of carboxylic acids is 1. The summed E-state index contributed by atoms with van der Waals surface area (Å²) < 4.78 is 4.88. The molecule has 1 heterocycles. The summed E-state index contributed by atoms with van der Waals surface area (Å²) in [6, 6.07) is 2.55. The van der Waals surface area contributed by atoms with E-state index in [1.807, 2.05) is 0 Å². The Kier molecular flexibility index (Phi) is 4.59. The molecule has 0 saturated heterocycles. The molecule has 0 fully saturated rings. The summed E-state index contributed by atoms with van der Waals surface area (Å²) >= 11 is 0. The highest BCUT2D eigenvalue weighted by Gasteiger charge is 2.12. The minimum atomic E-state index is -1.16. The van der Waals surface area contributed by atoms with E-state index < -0.39 is 5.97 Å². The molecule has 17 heavy (non-hydrogen) atoms. The summed E-state index contributed by atoms with van der Waals surface area (Å²) in [4.78, 5) is 26.0. The molecule has 0 aliphatic rings. The molecular weight excluding hydrogens is 224 g/mol. The van der Waals surface area contributed by atoms with E-state index in [1.54, 1.807) is 6.92 Å². The van der Waals surface area contributed by atoms with Crippen LogP contribution in [0.4, 0.5) is 0 Å². The molecule has 6 nitrogen and oxygen atoms in total. The molecule has 6 heteroatoms. The highest BCUT2D eigenvalue weighted by Crippen LogP contribution is 2.02. The normalized spacial score (nSPS) is 11.9. The van der Waals surface area contributed by atoms with Crippen molar-refractivity contribution in [2.24, 2.45) is 0 Å². The smallest absolute Gasteiger partial charge is 0.354 e. The number of aromatic carboxylic acids is 1. The number of ether oxygens (including phenoxy) is 1. The number of carbonyl (C=O) groups excluding carboxylic acids is 1. The monoisotopic (exact) mass is 238 g/mol. The van der Waals surface area contributed by atoms with Crippen LogP contribution < -0.4 is 5.32 Å². The van der Waals surface area contributed by atoms with E-state index in [-0.39, 0.29) is 23.2 Å². The van der Waals surface area contributed by atoms with Gasteiger partial charge in [0, 0.05) is 24.9 Å². The molecule has 1 aromatic rings. The van der Waals surface area contributed by atoms with Crippen LogP contribution in [0.1, 0.15) is 27.8 Å². The molecule has 0 aromatic carbocycles. The molecule has 1 unspecified atom stereocenters. The van der Waals surface area contributed by atoms with Gasteiger partial charge < -0.3 is 15.2 Å². The maximum Gasteiger partial charge on any atom is 0.354 e. The summed E-state index contributed by atoms with van der Waals surface area (Å²) in [6.45, 7) is 2.18. The fourth-order valence-electron chi connectivity index (χ4n) is 1.29. The average Bonchev–Trinajstić information content (AvgIpc) is 2.29. The predicted molar refractivity (Wildman–Crippen MR) is 60.0 cm³/mol. The summed E-state index contributed by atoms with van der Waals surface area (Å²) in [5.74, 6) is -1.51. The number of amides is 1. The lowest BCUT2D eigenvalue weighted by molar-refractivity contribution is 0.0690. The van der Waals surface area contributed by atoms with Gasteiger partial charge in [-0.2, -0.15) is 0 Å². The van der Waals surface area contributed by atoms with Gasteiger partial charge in [-0.05, 0) is 19.1 Å². The van der Waals surface area contributed by atoms with E-state index in [1.165, 1.54) is 25.4 Å². The molecule has 1 rings (SSSR count). The Hall–Kier alpha value is -1.95. The van der Waals surface area contributed by atoms with Crippen molar-refractivity contribution in [1.29, 1.82) is 0 Å². The van der Waals surface area contributed by atoms with E-state index in [0.29, 0.717) is 6.61 Å². The van der Waals surface area contributed by atoms with Crippen LogP contribution in [0.25, 0.3) is 0 Å². The van der Waals surface area contributed by atoms with Crippen molar-refractivity contribution in [2.75, 3.05) is 13.7 Å². The van der Waals surface area contributed by atoms with Gasteiger partial charge >= 0.3 is 5.97 Å². The number of nitrogens with zero attached hydrogens (tertiary/aromatic N) is 1. The minimum absolute atomic E-state index is 0.144. The molecule has 0 radical (unpaired) electrons. The lowest BCUT2D eigenvalue weighted by atomic mass is 10.2. The predicted octanol–water partition coefficient (Wildman–Crippen LogP) is 0.544. The van der Waals surface area contributed by atoms with Gasteiger partial charge in [0.25, 0.3) is 5.91 Å². The fraction of sp³-hybridized carbons (Fsp3) is 0.364. The molecule has 0 spiro atoms. The van der Waals surface area contributed by atoms with Crippen LogP contribution in [0, 0.1) is 0 Å². The Morgan fingerprint density at radius 1 is 1.59 bits per heavy atom. The number of methoxy groups -OCH3 is 1.